The average molecular weight is 193 g/mol. The van der Waals surface area contributed by atoms with Gasteiger partial charge in [0.1, 0.15) is 0 Å². The lowest BCUT2D eigenvalue weighted by atomic mass is 9.74. The van der Waals surface area contributed by atoms with Crippen LogP contribution < -0.4 is 0 Å². The van der Waals surface area contributed by atoms with Crippen LogP contribution >= 0.6 is 0 Å². The predicted octanol–water partition coefficient (Wildman–Crippen LogP) is 4.04. The second-order valence-corrected chi connectivity index (χ2v) is 5.16. The Kier molecular flexibility index (Phi) is 3.91. The fraction of sp³-hybridized carbons (Fsp3) is 0.769. The second kappa shape index (κ2) is 4.77. The smallest absolute Gasteiger partial charge is 0.0132 e. The Morgan fingerprint density at radius 2 is 2.14 bits per heavy atom. The van der Waals surface area contributed by atoms with Gasteiger partial charge in [0, 0.05) is 12.1 Å². The van der Waals surface area contributed by atoms with Crippen molar-refractivity contribution >= 4 is 5.71 Å². The highest BCUT2D eigenvalue weighted by atomic mass is 14.5. The topological polar surface area (TPSA) is 23.9 Å². The molecule has 0 unspecified atom stereocenters. The molecule has 1 heteroatoms. The summed E-state index contributed by atoms with van der Waals surface area (Å²) in [5, 5.41) is 7.76. The molecule has 0 bridgehead atoms. The summed E-state index contributed by atoms with van der Waals surface area (Å²) in [5.74, 6) is 2.10. The maximum absolute atomic E-state index is 7.76. The van der Waals surface area contributed by atoms with Gasteiger partial charge in [0.05, 0.1) is 0 Å². The van der Waals surface area contributed by atoms with E-state index in [0.29, 0.717) is 11.8 Å². The van der Waals surface area contributed by atoms with Gasteiger partial charge in [0.15, 0.2) is 0 Å². The monoisotopic (exact) mass is 193 g/mol. The molecule has 1 saturated carbocycles. The van der Waals surface area contributed by atoms with E-state index in [1.54, 1.807) is 0 Å². The minimum Gasteiger partial charge on any atom is -0.309 e. The standard InChI is InChI=1S/C13H23N/c1-9(2)5-6-12-8-13(14)7-10(3)11(12)4/h9,11-12,14H,3,5-8H2,1-2,4H3/t11-,12-/m1/s1. The first-order valence-electron chi connectivity index (χ1n) is 5.74. The Bertz CT molecular complexity index is 227. The van der Waals surface area contributed by atoms with E-state index in [-0.39, 0.29) is 0 Å². The summed E-state index contributed by atoms with van der Waals surface area (Å²) in [5.41, 5.74) is 2.16. The average Bonchev–Trinajstić information content (AvgIpc) is 2.08. The number of rotatable bonds is 3. The molecule has 1 N–H and O–H groups in total. The van der Waals surface area contributed by atoms with Crippen LogP contribution in [0.15, 0.2) is 12.2 Å². The number of nitrogens with one attached hydrogen (secondary N) is 1. The fourth-order valence-electron chi connectivity index (χ4n) is 2.23. The Morgan fingerprint density at radius 1 is 1.50 bits per heavy atom. The van der Waals surface area contributed by atoms with Crippen molar-refractivity contribution in [1.29, 1.82) is 5.41 Å². The van der Waals surface area contributed by atoms with Gasteiger partial charge in [-0.25, -0.2) is 0 Å². The molecule has 2 atom stereocenters. The maximum atomic E-state index is 7.76. The van der Waals surface area contributed by atoms with Gasteiger partial charge in [-0.1, -0.05) is 39.3 Å². The van der Waals surface area contributed by atoms with Crippen molar-refractivity contribution in [2.45, 2.75) is 46.5 Å². The minimum absolute atomic E-state index is 0.628. The van der Waals surface area contributed by atoms with E-state index in [1.807, 2.05) is 0 Å². The third-order valence-corrected chi connectivity index (χ3v) is 3.41. The second-order valence-electron chi connectivity index (χ2n) is 5.16. The number of allylic oxidation sites excluding steroid dienone is 1. The molecule has 0 radical (unpaired) electrons. The van der Waals surface area contributed by atoms with Crippen molar-refractivity contribution in [2.24, 2.45) is 17.8 Å². The molecule has 0 aromatic carbocycles. The molecule has 0 heterocycles. The first-order chi connectivity index (χ1) is 6.50. The zero-order chi connectivity index (χ0) is 10.7. The highest BCUT2D eigenvalue weighted by Gasteiger charge is 2.26. The summed E-state index contributed by atoms with van der Waals surface area (Å²) in [4.78, 5) is 0. The van der Waals surface area contributed by atoms with Crippen molar-refractivity contribution in [1.82, 2.24) is 0 Å². The van der Waals surface area contributed by atoms with Crippen LogP contribution in [0.4, 0.5) is 0 Å². The van der Waals surface area contributed by atoms with Crippen molar-refractivity contribution < 1.29 is 0 Å². The Morgan fingerprint density at radius 3 is 2.71 bits per heavy atom. The first-order valence-corrected chi connectivity index (χ1v) is 5.74. The van der Waals surface area contributed by atoms with Crippen LogP contribution in [-0.2, 0) is 0 Å². The Balaban J connectivity index is 2.49. The van der Waals surface area contributed by atoms with Gasteiger partial charge in [-0.15, -0.1) is 0 Å². The molecule has 1 fully saturated rings. The Labute approximate surface area is 88.1 Å². The molecule has 0 amide bonds. The lowest BCUT2D eigenvalue weighted by Gasteiger charge is -2.31. The third kappa shape index (κ3) is 2.97. The molecule has 1 rings (SSSR count). The van der Waals surface area contributed by atoms with Crippen molar-refractivity contribution in [2.75, 3.05) is 0 Å². The van der Waals surface area contributed by atoms with E-state index in [9.17, 15) is 0 Å². The van der Waals surface area contributed by atoms with E-state index in [0.717, 1.165) is 24.5 Å². The van der Waals surface area contributed by atoms with E-state index < -0.39 is 0 Å². The molecule has 1 aliphatic rings. The summed E-state index contributed by atoms with van der Waals surface area (Å²) < 4.78 is 0. The summed E-state index contributed by atoms with van der Waals surface area (Å²) in [6.07, 6.45) is 4.40. The van der Waals surface area contributed by atoms with E-state index in [1.165, 1.54) is 18.4 Å². The maximum Gasteiger partial charge on any atom is 0.0132 e. The van der Waals surface area contributed by atoms with Crippen molar-refractivity contribution in [3.63, 3.8) is 0 Å². The molecule has 0 saturated heterocycles. The van der Waals surface area contributed by atoms with Gasteiger partial charge < -0.3 is 5.41 Å². The molecular weight excluding hydrogens is 170 g/mol. The predicted molar refractivity (Wildman–Crippen MR) is 62.8 cm³/mol. The van der Waals surface area contributed by atoms with Gasteiger partial charge >= 0.3 is 0 Å². The fourth-order valence-corrected chi connectivity index (χ4v) is 2.23. The van der Waals surface area contributed by atoms with E-state index in [2.05, 4.69) is 27.4 Å². The van der Waals surface area contributed by atoms with Gasteiger partial charge in [-0.2, -0.15) is 0 Å². The summed E-state index contributed by atoms with van der Waals surface area (Å²) in [6, 6.07) is 0. The van der Waals surface area contributed by atoms with Crippen LogP contribution in [0, 0.1) is 23.2 Å². The van der Waals surface area contributed by atoms with Crippen LogP contribution in [0.2, 0.25) is 0 Å². The zero-order valence-electron chi connectivity index (χ0n) is 9.77. The quantitative estimate of drug-likeness (QED) is 0.654. The first kappa shape index (κ1) is 11.5. The van der Waals surface area contributed by atoms with Crippen molar-refractivity contribution in [3.05, 3.63) is 12.2 Å². The van der Waals surface area contributed by atoms with Crippen LogP contribution in [0.1, 0.15) is 46.5 Å². The minimum atomic E-state index is 0.628. The van der Waals surface area contributed by atoms with Gasteiger partial charge in [-0.3, -0.25) is 0 Å². The summed E-state index contributed by atoms with van der Waals surface area (Å²) in [7, 11) is 0. The molecular formula is C13H23N. The number of hydrogen-bond acceptors (Lipinski definition) is 1. The van der Waals surface area contributed by atoms with Gasteiger partial charge in [-0.05, 0) is 30.6 Å². The van der Waals surface area contributed by atoms with Crippen LogP contribution in [-0.4, -0.2) is 5.71 Å². The molecule has 0 aromatic rings. The summed E-state index contributed by atoms with van der Waals surface area (Å²) in [6.45, 7) is 10.9. The van der Waals surface area contributed by atoms with Gasteiger partial charge in [0.25, 0.3) is 0 Å². The molecule has 80 valence electrons. The summed E-state index contributed by atoms with van der Waals surface area (Å²) >= 11 is 0. The number of hydrogen-bond donors (Lipinski definition) is 1. The largest absolute Gasteiger partial charge is 0.309 e. The van der Waals surface area contributed by atoms with Crippen LogP contribution in [0.3, 0.4) is 0 Å². The van der Waals surface area contributed by atoms with E-state index in [4.69, 9.17) is 5.41 Å². The molecule has 1 aliphatic carbocycles. The molecule has 1 nitrogen and oxygen atoms in total. The van der Waals surface area contributed by atoms with Crippen LogP contribution in [0.5, 0.6) is 0 Å². The highest BCUT2D eigenvalue weighted by Crippen LogP contribution is 2.34. The normalized spacial score (nSPS) is 28.6. The van der Waals surface area contributed by atoms with Gasteiger partial charge in [0.2, 0.25) is 0 Å². The molecule has 14 heavy (non-hydrogen) atoms. The zero-order valence-corrected chi connectivity index (χ0v) is 9.77. The third-order valence-electron chi connectivity index (χ3n) is 3.41. The molecule has 0 spiro atoms. The van der Waals surface area contributed by atoms with E-state index >= 15 is 0 Å². The SMILES string of the molecule is C=C1CC(=N)C[C@@H](CCC(C)C)[C@@H]1C. The van der Waals surface area contributed by atoms with Crippen LogP contribution in [0.25, 0.3) is 0 Å². The highest BCUT2D eigenvalue weighted by molar-refractivity contribution is 5.85. The molecule has 0 aromatic heterocycles. The lowest BCUT2D eigenvalue weighted by molar-refractivity contribution is 0.340. The molecule has 0 aliphatic heterocycles. The Hall–Kier alpha value is -0.590. The van der Waals surface area contributed by atoms with Crippen molar-refractivity contribution in [3.8, 4) is 0 Å². The lowest BCUT2D eigenvalue weighted by Crippen LogP contribution is -2.24.